The second-order valence-corrected chi connectivity index (χ2v) is 4.63. The first-order valence-electron chi connectivity index (χ1n) is 4.53. The van der Waals surface area contributed by atoms with Gasteiger partial charge in [0.1, 0.15) is 0 Å². The first-order chi connectivity index (χ1) is 7.26. The summed E-state index contributed by atoms with van der Waals surface area (Å²) in [6, 6.07) is 0. The van der Waals surface area contributed by atoms with E-state index in [0.29, 0.717) is 0 Å². The van der Waals surface area contributed by atoms with Crippen LogP contribution in [-0.4, -0.2) is 54.0 Å². The van der Waals surface area contributed by atoms with Gasteiger partial charge in [0.2, 0.25) is 5.41 Å². The van der Waals surface area contributed by atoms with Crippen molar-refractivity contribution in [2.75, 3.05) is 21.3 Å². The fraction of sp³-hybridized carbons (Fsp3) is 0.667. The number of aliphatic hydroxyl groups is 1. The highest BCUT2D eigenvalue weighted by Gasteiger charge is 2.53. The topological polar surface area (TPSA) is 74.2 Å². The molecule has 0 amide bonds. The summed E-state index contributed by atoms with van der Waals surface area (Å²) in [6.07, 6.45) is 0. The molecule has 0 saturated carbocycles. The van der Waals surface area contributed by atoms with Gasteiger partial charge in [-0.15, -0.1) is 0 Å². The lowest BCUT2D eigenvalue weighted by Crippen LogP contribution is -2.61. The van der Waals surface area contributed by atoms with Gasteiger partial charge in [0.25, 0.3) is 0 Å². The van der Waals surface area contributed by atoms with Crippen LogP contribution in [0.1, 0.15) is 6.92 Å². The van der Waals surface area contributed by atoms with Crippen LogP contribution in [0.4, 0.5) is 0 Å². The lowest BCUT2D eigenvalue weighted by atomic mass is 10.3. The molecule has 0 fully saturated rings. The molecule has 0 aliphatic rings. The van der Waals surface area contributed by atoms with Crippen LogP contribution in [-0.2, 0) is 23.7 Å². The largest absolute Gasteiger partial charge is 0.400 e. The molecule has 0 radical (unpaired) electrons. The van der Waals surface area contributed by atoms with Gasteiger partial charge < -0.3 is 24.1 Å². The Hall–Kier alpha value is -0.733. The van der Waals surface area contributed by atoms with Crippen molar-refractivity contribution in [2.45, 2.75) is 18.3 Å². The van der Waals surface area contributed by atoms with Crippen LogP contribution in [0.3, 0.4) is 0 Å². The van der Waals surface area contributed by atoms with Gasteiger partial charge in [-0.3, -0.25) is 0 Å². The van der Waals surface area contributed by atoms with E-state index in [-0.39, 0.29) is 15.8 Å². The van der Waals surface area contributed by atoms with E-state index in [9.17, 15) is 9.90 Å². The normalized spacial score (nSPS) is 15.6. The third kappa shape index (κ3) is 2.89. The summed E-state index contributed by atoms with van der Waals surface area (Å²) in [5, 5.41) is 10.0. The Morgan fingerprint density at radius 3 is 1.94 bits per heavy atom. The number of carbonyl (C=O) groups is 1. The Morgan fingerprint density at radius 1 is 1.25 bits per heavy atom. The molecule has 0 aliphatic heterocycles. The average Bonchev–Trinajstić information content (AvgIpc) is 2.27. The highest BCUT2D eigenvalue weighted by Crippen LogP contribution is 2.26. The first kappa shape index (κ1) is 15.3. The van der Waals surface area contributed by atoms with Gasteiger partial charge in [-0.05, 0) is 6.92 Å². The van der Waals surface area contributed by atoms with Crippen LogP contribution in [0.2, 0.25) is 0 Å². The Bertz CT molecular complexity index is 275. The van der Waals surface area contributed by atoms with E-state index < -0.39 is 17.4 Å². The number of ether oxygens (including phenoxy) is 4. The second kappa shape index (κ2) is 5.55. The molecule has 1 N–H and O–H groups in total. The highest BCUT2D eigenvalue weighted by atomic mass is 28.1. The summed E-state index contributed by atoms with van der Waals surface area (Å²) in [7, 11) is 4.02. The van der Waals surface area contributed by atoms with Gasteiger partial charge in [-0.1, -0.05) is 6.58 Å². The summed E-state index contributed by atoms with van der Waals surface area (Å²) < 4.78 is 19.5. The molecule has 1 atom stereocenters. The number of hydrogen-bond acceptors (Lipinski definition) is 6. The summed E-state index contributed by atoms with van der Waals surface area (Å²) >= 11 is 0. The molecular formula is C9H18O6Si. The quantitative estimate of drug-likeness (QED) is 0.274. The molecule has 0 aromatic carbocycles. The lowest BCUT2D eigenvalue weighted by Gasteiger charge is -2.39. The summed E-state index contributed by atoms with van der Waals surface area (Å²) in [5.41, 5.74) is -1.38. The zero-order valence-electron chi connectivity index (χ0n) is 10.2. The minimum atomic E-state index is -2.29. The molecule has 0 aliphatic carbocycles. The Kier molecular flexibility index (Phi) is 5.30. The molecule has 0 saturated heterocycles. The maximum atomic E-state index is 11.3. The van der Waals surface area contributed by atoms with Gasteiger partial charge in [-0.2, -0.15) is 0 Å². The molecule has 94 valence electrons. The van der Waals surface area contributed by atoms with Crippen LogP contribution in [0.25, 0.3) is 0 Å². The molecule has 6 nitrogen and oxygen atoms in total. The summed E-state index contributed by atoms with van der Waals surface area (Å²) in [4.78, 5) is 11.3. The molecular weight excluding hydrogens is 232 g/mol. The predicted octanol–water partition coefficient (Wildman–Crippen LogP) is -1.29. The van der Waals surface area contributed by atoms with Gasteiger partial charge in [0.15, 0.2) is 0 Å². The van der Waals surface area contributed by atoms with Crippen molar-refractivity contribution in [1.82, 2.24) is 0 Å². The average molecular weight is 250 g/mol. The van der Waals surface area contributed by atoms with Gasteiger partial charge in [0, 0.05) is 26.9 Å². The zero-order chi connectivity index (χ0) is 13.0. The number of methoxy groups -OCH3 is 3. The molecule has 0 bridgehead atoms. The SMILES string of the molecule is C=C(C)C(=O)OC(O)(OC)C([SiH3])(OC)OC. The minimum Gasteiger partial charge on any atom is -0.400 e. The van der Waals surface area contributed by atoms with Crippen molar-refractivity contribution in [3.05, 3.63) is 12.2 Å². The van der Waals surface area contributed by atoms with Crippen LogP contribution in [0, 0.1) is 0 Å². The number of esters is 1. The van der Waals surface area contributed by atoms with Gasteiger partial charge in [-0.25, -0.2) is 4.79 Å². The fourth-order valence-corrected chi connectivity index (χ4v) is 1.18. The molecule has 16 heavy (non-hydrogen) atoms. The molecule has 0 spiro atoms. The van der Waals surface area contributed by atoms with Crippen LogP contribution in [0.15, 0.2) is 12.2 Å². The van der Waals surface area contributed by atoms with Crippen LogP contribution >= 0.6 is 0 Å². The van der Waals surface area contributed by atoms with E-state index in [2.05, 4.69) is 6.58 Å². The van der Waals surface area contributed by atoms with Crippen molar-refractivity contribution >= 4 is 16.2 Å². The molecule has 7 heteroatoms. The Labute approximate surface area is 97.6 Å². The molecule has 0 rings (SSSR count). The fourth-order valence-electron chi connectivity index (χ4n) is 0.874. The van der Waals surface area contributed by atoms with Crippen LogP contribution in [0.5, 0.6) is 0 Å². The van der Waals surface area contributed by atoms with E-state index in [1.54, 1.807) is 0 Å². The Balaban J connectivity index is 5.04. The molecule has 0 heterocycles. The highest BCUT2D eigenvalue weighted by molar-refractivity contribution is 6.14. The van der Waals surface area contributed by atoms with E-state index >= 15 is 0 Å². The lowest BCUT2D eigenvalue weighted by molar-refractivity contribution is -0.431. The predicted molar refractivity (Wildman–Crippen MR) is 59.6 cm³/mol. The van der Waals surface area contributed by atoms with Gasteiger partial charge in [0.05, 0.1) is 10.2 Å². The standard InChI is InChI=1S/C9H18O6Si/c1-6(2)7(10)15-8(11,12-3)9(16,13-4)14-5/h11H,1H2,2-5,16H3. The first-order valence-corrected chi connectivity index (χ1v) is 5.53. The van der Waals surface area contributed by atoms with Crippen molar-refractivity contribution in [1.29, 1.82) is 0 Å². The zero-order valence-corrected chi connectivity index (χ0v) is 12.2. The van der Waals surface area contributed by atoms with E-state index in [0.717, 1.165) is 0 Å². The van der Waals surface area contributed by atoms with E-state index in [4.69, 9.17) is 18.9 Å². The number of rotatable bonds is 6. The van der Waals surface area contributed by atoms with Crippen molar-refractivity contribution in [2.24, 2.45) is 0 Å². The minimum absolute atomic E-state index is 0.131. The maximum Gasteiger partial charge on any atom is 0.378 e. The smallest absolute Gasteiger partial charge is 0.378 e. The summed E-state index contributed by atoms with van der Waals surface area (Å²) in [5.74, 6) is -3.09. The maximum absolute atomic E-state index is 11.3. The Morgan fingerprint density at radius 2 is 1.69 bits per heavy atom. The third-order valence-corrected chi connectivity index (χ3v) is 3.66. The molecule has 1 unspecified atom stereocenters. The van der Waals surface area contributed by atoms with Crippen molar-refractivity contribution in [3.8, 4) is 0 Å². The number of hydrogen-bond donors (Lipinski definition) is 1. The van der Waals surface area contributed by atoms with Crippen molar-refractivity contribution < 1.29 is 28.8 Å². The molecule has 0 aromatic heterocycles. The van der Waals surface area contributed by atoms with Gasteiger partial charge >= 0.3 is 11.9 Å². The molecule has 0 aromatic rings. The number of carbonyl (C=O) groups excluding carboxylic acids is 1. The van der Waals surface area contributed by atoms with E-state index in [1.165, 1.54) is 28.3 Å². The van der Waals surface area contributed by atoms with Crippen LogP contribution < -0.4 is 0 Å². The second-order valence-electron chi connectivity index (χ2n) is 3.31. The third-order valence-electron chi connectivity index (χ3n) is 2.21. The monoisotopic (exact) mass is 250 g/mol. The summed E-state index contributed by atoms with van der Waals surface area (Å²) in [6.45, 7) is 4.85. The van der Waals surface area contributed by atoms with E-state index in [1.807, 2.05) is 0 Å². The van der Waals surface area contributed by atoms with Crippen molar-refractivity contribution in [3.63, 3.8) is 0 Å².